The first-order valence-electron chi connectivity index (χ1n) is 5.18. The number of rotatable bonds is 2. The second-order valence-corrected chi connectivity index (χ2v) is 4.51. The zero-order valence-electron chi connectivity index (χ0n) is 9.16. The maximum atomic E-state index is 5.37. The van der Waals surface area contributed by atoms with Crippen LogP contribution in [0, 0.1) is 0 Å². The van der Waals surface area contributed by atoms with Gasteiger partial charge in [0.25, 0.3) is 0 Å². The van der Waals surface area contributed by atoms with Crippen molar-refractivity contribution in [1.29, 1.82) is 0 Å². The maximum absolute atomic E-state index is 5.37. The van der Waals surface area contributed by atoms with Gasteiger partial charge in [0.1, 0.15) is 4.99 Å². The van der Waals surface area contributed by atoms with Crippen molar-refractivity contribution < 1.29 is 0 Å². The van der Waals surface area contributed by atoms with Gasteiger partial charge in [0, 0.05) is 18.7 Å². The van der Waals surface area contributed by atoms with Crippen LogP contribution in [0.2, 0.25) is 0 Å². The first-order valence-corrected chi connectivity index (χ1v) is 5.59. The van der Waals surface area contributed by atoms with Crippen LogP contribution in [0.5, 0.6) is 0 Å². The normalized spacial score (nSPS) is 15.2. The Kier molecular flexibility index (Phi) is 2.87. The van der Waals surface area contributed by atoms with E-state index in [4.69, 9.17) is 12.2 Å². The largest absolute Gasteiger partial charge is 0.354 e. The quantitative estimate of drug-likeness (QED) is 0.553. The van der Waals surface area contributed by atoms with Gasteiger partial charge in [-0.2, -0.15) is 0 Å². The highest BCUT2D eigenvalue weighted by Gasteiger charge is 2.26. The Hall–Kier alpha value is -1.15. The summed E-state index contributed by atoms with van der Waals surface area (Å²) in [6.07, 6.45) is 0. The van der Waals surface area contributed by atoms with Crippen molar-refractivity contribution in [3.8, 4) is 0 Å². The van der Waals surface area contributed by atoms with E-state index in [1.54, 1.807) is 0 Å². The molecule has 1 aliphatic heterocycles. The summed E-state index contributed by atoms with van der Waals surface area (Å²) < 4.78 is 0. The molecule has 0 radical (unpaired) electrons. The van der Waals surface area contributed by atoms with E-state index in [2.05, 4.69) is 43.0 Å². The van der Waals surface area contributed by atoms with Crippen LogP contribution in [-0.2, 0) is 6.54 Å². The first-order chi connectivity index (χ1) is 7.18. The fourth-order valence-electron chi connectivity index (χ4n) is 1.73. The van der Waals surface area contributed by atoms with Gasteiger partial charge in [0.05, 0.1) is 0 Å². The summed E-state index contributed by atoms with van der Waals surface area (Å²) in [5.74, 6) is 0. The lowest BCUT2D eigenvalue weighted by Crippen LogP contribution is -2.44. The molecule has 0 saturated carbocycles. The number of likely N-dealkylation sites (tertiary alicyclic amines) is 1. The van der Waals surface area contributed by atoms with E-state index in [-0.39, 0.29) is 0 Å². The molecule has 0 amide bonds. The predicted octanol–water partition coefficient (Wildman–Crippen LogP) is 3.17. The summed E-state index contributed by atoms with van der Waals surface area (Å²) in [5.41, 5.74) is 4.03. The van der Waals surface area contributed by atoms with Crippen LogP contribution >= 0.6 is 12.2 Å². The minimum absolute atomic E-state index is 0.941. The van der Waals surface area contributed by atoms with Crippen molar-refractivity contribution in [2.24, 2.45) is 0 Å². The Morgan fingerprint density at radius 1 is 1.27 bits per heavy atom. The Morgan fingerprint density at radius 3 is 2.47 bits per heavy atom. The van der Waals surface area contributed by atoms with E-state index >= 15 is 0 Å². The molecule has 1 aromatic carbocycles. The van der Waals surface area contributed by atoms with Gasteiger partial charge < -0.3 is 4.90 Å². The fourth-order valence-corrected chi connectivity index (χ4v) is 2.13. The summed E-state index contributed by atoms with van der Waals surface area (Å²) in [6.45, 7) is 6.20. The van der Waals surface area contributed by atoms with Gasteiger partial charge in [-0.05, 0) is 19.4 Å². The van der Waals surface area contributed by atoms with E-state index in [0.717, 1.165) is 18.1 Å². The number of hydrogen-bond donors (Lipinski definition) is 0. The molecule has 2 rings (SSSR count). The number of nitrogens with zero attached hydrogens (tertiary/aromatic N) is 1. The van der Waals surface area contributed by atoms with E-state index in [9.17, 15) is 0 Å². The van der Waals surface area contributed by atoms with Crippen molar-refractivity contribution in [2.75, 3.05) is 6.54 Å². The Morgan fingerprint density at radius 2 is 1.93 bits per heavy atom. The average molecular weight is 217 g/mol. The summed E-state index contributed by atoms with van der Waals surface area (Å²) >= 11 is 5.37. The van der Waals surface area contributed by atoms with Gasteiger partial charge in [0.15, 0.2) is 0 Å². The minimum Gasteiger partial charge on any atom is -0.354 e. The van der Waals surface area contributed by atoms with Crippen molar-refractivity contribution in [2.45, 2.75) is 20.4 Å². The fraction of sp³-hybridized carbons (Fsp3) is 0.308. The van der Waals surface area contributed by atoms with Crippen LogP contribution in [0.1, 0.15) is 19.4 Å². The molecule has 1 nitrogen and oxygen atoms in total. The average Bonchev–Trinajstić information content (AvgIpc) is 2.24. The lowest BCUT2D eigenvalue weighted by atomic mass is 10.0. The van der Waals surface area contributed by atoms with Gasteiger partial charge in [-0.15, -0.1) is 0 Å². The first kappa shape index (κ1) is 10.4. The van der Waals surface area contributed by atoms with Crippen LogP contribution in [0.4, 0.5) is 0 Å². The van der Waals surface area contributed by atoms with Crippen LogP contribution < -0.4 is 0 Å². The van der Waals surface area contributed by atoms with Gasteiger partial charge in [-0.25, -0.2) is 0 Å². The molecule has 0 aromatic heterocycles. The van der Waals surface area contributed by atoms with Gasteiger partial charge in [-0.1, -0.05) is 48.1 Å². The molecular weight excluding hydrogens is 202 g/mol. The molecule has 1 aromatic rings. The molecule has 0 unspecified atom stereocenters. The smallest absolute Gasteiger partial charge is 0.107 e. The molecule has 0 atom stereocenters. The predicted molar refractivity (Wildman–Crippen MR) is 67.8 cm³/mol. The molecule has 2 heteroatoms. The standard InChI is InChI=1S/C13H15NS/c1-10(2)12-9-14(13(12)15)8-11-6-4-3-5-7-11/h3-7H,8-9H2,1-2H3. The number of benzene rings is 1. The number of hydrogen-bond acceptors (Lipinski definition) is 1. The molecule has 0 N–H and O–H groups in total. The zero-order valence-corrected chi connectivity index (χ0v) is 9.97. The lowest BCUT2D eigenvalue weighted by Gasteiger charge is -2.37. The number of allylic oxidation sites excluding steroid dienone is 1. The topological polar surface area (TPSA) is 3.24 Å². The molecule has 1 fully saturated rings. The van der Waals surface area contributed by atoms with Crippen molar-refractivity contribution in [3.05, 3.63) is 47.0 Å². The van der Waals surface area contributed by atoms with Crippen LogP contribution in [-0.4, -0.2) is 16.4 Å². The van der Waals surface area contributed by atoms with Crippen LogP contribution in [0.25, 0.3) is 0 Å². The summed E-state index contributed by atoms with van der Waals surface area (Å²) in [6, 6.07) is 10.5. The Labute approximate surface area is 96.4 Å². The van der Waals surface area contributed by atoms with E-state index in [0.29, 0.717) is 0 Å². The van der Waals surface area contributed by atoms with E-state index < -0.39 is 0 Å². The van der Waals surface area contributed by atoms with Gasteiger partial charge >= 0.3 is 0 Å². The molecule has 0 bridgehead atoms. The van der Waals surface area contributed by atoms with Crippen molar-refractivity contribution in [3.63, 3.8) is 0 Å². The second kappa shape index (κ2) is 4.15. The SMILES string of the molecule is CC(C)=C1CN(Cc2ccccc2)C1=S. The molecule has 15 heavy (non-hydrogen) atoms. The van der Waals surface area contributed by atoms with Crippen molar-refractivity contribution in [1.82, 2.24) is 4.90 Å². The van der Waals surface area contributed by atoms with Crippen LogP contribution in [0.3, 0.4) is 0 Å². The summed E-state index contributed by atoms with van der Waals surface area (Å²) in [7, 11) is 0. The van der Waals surface area contributed by atoms with Crippen LogP contribution in [0.15, 0.2) is 41.5 Å². The highest BCUT2D eigenvalue weighted by Crippen LogP contribution is 2.23. The summed E-state index contributed by atoms with van der Waals surface area (Å²) in [5, 5.41) is 0. The molecule has 1 saturated heterocycles. The molecule has 1 aliphatic rings. The molecular formula is C13H15NS. The second-order valence-electron chi connectivity index (χ2n) is 4.13. The zero-order chi connectivity index (χ0) is 10.8. The Balaban J connectivity index is 2.01. The lowest BCUT2D eigenvalue weighted by molar-refractivity contribution is 0.412. The molecule has 0 spiro atoms. The maximum Gasteiger partial charge on any atom is 0.107 e. The third kappa shape index (κ3) is 2.10. The third-order valence-electron chi connectivity index (χ3n) is 2.71. The van der Waals surface area contributed by atoms with Crippen molar-refractivity contribution >= 4 is 17.2 Å². The molecule has 1 heterocycles. The van der Waals surface area contributed by atoms with Gasteiger partial charge in [-0.3, -0.25) is 0 Å². The molecule has 0 aliphatic carbocycles. The van der Waals surface area contributed by atoms with Gasteiger partial charge in [0.2, 0.25) is 0 Å². The Bertz CT molecular complexity index is 402. The van der Waals surface area contributed by atoms with E-state index in [1.807, 2.05) is 6.07 Å². The number of thiocarbonyl (C=S) groups is 1. The summed E-state index contributed by atoms with van der Waals surface area (Å²) in [4.78, 5) is 3.27. The highest BCUT2D eigenvalue weighted by atomic mass is 32.1. The minimum atomic E-state index is 0.941. The molecule has 78 valence electrons. The van der Waals surface area contributed by atoms with E-state index in [1.165, 1.54) is 16.7 Å². The highest BCUT2D eigenvalue weighted by molar-refractivity contribution is 7.80. The third-order valence-corrected chi connectivity index (χ3v) is 3.22. The monoisotopic (exact) mass is 217 g/mol.